The number of hydrogen-bond acceptors (Lipinski definition) is 4. The fourth-order valence-corrected chi connectivity index (χ4v) is 1.62. The normalized spacial score (nSPS) is 10.2. The van der Waals surface area contributed by atoms with E-state index in [2.05, 4.69) is 5.16 Å². The third-order valence-electron chi connectivity index (χ3n) is 2.48. The maximum absolute atomic E-state index is 10.9. The Morgan fingerprint density at radius 1 is 1.41 bits per heavy atom. The molecule has 0 unspecified atom stereocenters. The number of nitrogens with zero attached hydrogens (tertiary/aromatic N) is 1. The summed E-state index contributed by atoms with van der Waals surface area (Å²) >= 11 is 0. The number of para-hydroxylation sites is 1. The SMILES string of the molecule is COc1ccccc1-c1onc(C(=O)O)c1C. The van der Waals surface area contributed by atoms with Gasteiger partial charge in [-0.3, -0.25) is 0 Å². The zero-order valence-corrected chi connectivity index (χ0v) is 9.43. The third kappa shape index (κ3) is 1.87. The van der Waals surface area contributed by atoms with Crippen molar-refractivity contribution >= 4 is 5.97 Å². The molecule has 0 saturated heterocycles. The van der Waals surface area contributed by atoms with Gasteiger partial charge in [0.25, 0.3) is 0 Å². The number of aromatic nitrogens is 1. The van der Waals surface area contributed by atoms with E-state index in [9.17, 15) is 4.79 Å². The largest absolute Gasteiger partial charge is 0.496 e. The van der Waals surface area contributed by atoms with Gasteiger partial charge in [-0.25, -0.2) is 4.79 Å². The molecule has 0 bridgehead atoms. The summed E-state index contributed by atoms with van der Waals surface area (Å²) in [5, 5.41) is 12.4. The average Bonchev–Trinajstić information content (AvgIpc) is 2.71. The molecular formula is C12H11NO4. The molecule has 0 aliphatic carbocycles. The van der Waals surface area contributed by atoms with Crippen molar-refractivity contribution < 1.29 is 19.2 Å². The van der Waals surface area contributed by atoms with Crippen LogP contribution < -0.4 is 4.74 Å². The van der Waals surface area contributed by atoms with Gasteiger partial charge in [0.1, 0.15) is 5.75 Å². The number of aromatic carboxylic acids is 1. The highest BCUT2D eigenvalue weighted by Crippen LogP contribution is 2.32. The number of methoxy groups -OCH3 is 1. The van der Waals surface area contributed by atoms with E-state index >= 15 is 0 Å². The molecule has 1 aromatic carbocycles. The summed E-state index contributed by atoms with van der Waals surface area (Å²) in [7, 11) is 1.54. The minimum atomic E-state index is -1.10. The fourth-order valence-electron chi connectivity index (χ4n) is 1.62. The lowest BCUT2D eigenvalue weighted by Gasteiger charge is -2.05. The maximum atomic E-state index is 10.9. The minimum absolute atomic E-state index is 0.0779. The van der Waals surface area contributed by atoms with Gasteiger partial charge < -0.3 is 14.4 Å². The molecule has 0 radical (unpaired) electrons. The Labute approximate surface area is 97.6 Å². The van der Waals surface area contributed by atoms with Gasteiger partial charge in [-0.2, -0.15) is 0 Å². The van der Waals surface area contributed by atoms with E-state index in [-0.39, 0.29) is 5.69 Å². The Morgan fingerprint density at radius 2 is 2.12 bits per heavy atom. The predicted octanol–water partition coefficient (Wildman–Crippen LogP) is 2.36. The van der Waals surface area contributed by atoms with E-state index < -0.39 is 5.97 Å². The van der Waals surface area contributed by atoms with Crippen molar-refractivity contribution in [2.45, 2.75) is 6.92 Å². The number of hydrogen-bond donors (Lipinski definition) is 1. The van der Waals surface area contributed by atoms with Gasteiger partial charge in [-0.15, -0.1) is 0 Å². The van der Waals surface area contributed by atoms with Gasteiger partial charge in [0.2, 0.25) is 0 Å². The van der Waals surface area contributed by atoms with Crippen LogP contribution in [-0.4, -0.2) is 23.3 Å². The van der Waals surface area contributed by atoms with Crippen molar-refractivity contribution in [2.24, 2.45) is 0 Å². The standard InChI is InChI=1S/C12H11NO4/c1-7-10(12(14)15)13-17-11(7)8-5-3-4-6-9(8)16-2/h3-6H,1-2H3,(H,14,15). The first-order valence-electron chi connectivity index (χ1n) is 4.98. The summed E-state index contributed by atoms with van der Waals surface area (Å²) in [6.07, 6.45) is 0. The molecule has 0 atom stereocenters. The molecule has 0 spiro atoms. The van der Waals surface area contributed by atoms with Crippen molar-refractivity contribution in [3.8, 4) is 17.1 Å². The van der Waals surface area contributed by atoms with Crippen molar-refractivity contribution in [3.05, 3.63) is 35.5 Å². The summed E-state index contributed by atoms with van der Waals surface area (Å²) in [6, 6.07) is 7.21. The summed E-state index contributed by atoms with van der Waals surface area (Å²) in [5.41, 5.74) is 1.10. The van der Waals surface area contributed by atoms with E-state index in [1.54, 1.807) is 26.2 Å². The van der Waals surface area contributed by atoms with Crippen LogP contribution in [0.3, 0.4) is 0 Å². The first-order chi connectivity index (χ1) is 8.15. The lowest BCUT2D eigenvalue weighted by molar-refractivity contribution is 0.0685. The molecule has 1 heterocycles. The van der Waals surface area contributed by atoms with Crippen LogP contribution >= 0.6 is 0 Å². The van der Waals surface area contributed by atoms with Gasteiger partial charge in [0, 0.05) is 5.56 Å². The highest BCUT2D eigenvalue weighted by atomic mass is 16.5. The Hall–Kier alpha value is -2.30. The van der Waals surface area contributed by atoms with Crippen LogP contribution in [0, 0.1) is 6.92 Å². The van der Waals surface area contributed by atoms with E-state index in [0.717, 1.165) is 0 Å². The third-order valence-corrected chi connectivity index (χ3v) is 2.48. The number of ether oxygens (including phenoxy) is 1. The zero-order chi connectivity index (χ0) is 12.4. The molecule has 0 fully saturated rings. The number of benzene rings is 1. The highest BCUT2D eigenvalue weighted by molar-refractivity contribution is 5.89. The van der Waals surface area contributed by atoms with Crippen molar-refractivity contribution in [1.29, 1.82) is 0 Å². The molecule has 88 valence electrons. The number of carbonyl (C=O) groups is 1. The van der Waals surface area contributed by atoms with Gasteiger partial charge in [0.15, 0.2) is 11.5 Å². The lowest BCUT2D eigenvalue weighted by atomic mass is 10.1. The molecule has 5 nitrogen and oxygen atoms in total. The molecule has 0 amide bonds. The molecule has 0 aliphatic heterocycles. The lowest BCUT2D eigenvalue weighted by Crippen LogP contribution is -1.98. The van der Waals surface area contributed by atoms with Gasteiger partial charge >= 0.3 is 5.97 Å². The quantitative estimate of drug-likeness (QED) is 0.880. The van der Waals surface area contributed by atoms with Gasteiger partial charge in [0.05, 0.1) is 12.7 Å². The Kier molecular flexibility index (Phi) is 2.82. The second-order valence-corrected chi connectivity index (χ2v) is 3.49. The van der Waals surface area contributed by atoms with Crippen molar-refractivity contribution in [3.63, 3.8) is 0 Å². The van der Waals surface area contributed by atoms with Crippen molar-refractivity contribution in [1.82, 2.24) is 5.16 Å². The monoisotopic (exact) mass is 233 g/mol. The second-order valence-electron chi connectivity index (χ2n) is 3.49. The van der Waals surface area contributed by atoms with E-state index in [1.807, 2.05) is 12.1 Å². The molecule has 1 aromatic heterocycles. The maximum Gasteiger partial charge on any atom is 0.358 e. The predicted molar refractivity (Wildman–Crippen MR) is 60.2 cm³/mol. The number of carboxylic acids is 1. The number of carboxylic acid groups (broad SMARTS) is 1. The number of rotatable bonds is 3. The summed E-state index contributed by atoms with van der Waals surface area (Å²) in [4.78, 5) is 10.9. The van der Waals surface area contributed by atoms with E-state index in [1.165, 1.54) is 0 Å². The second kappa shape index (κ2) is 4.29. The summed E-state index contributed by atoms with van der Waals surface area (Å²) < 4.78 is 10.3. The van der Waals surface area contributed by atoms with Gasteiger partial charge in [-0.1, -0.05) is 17.3 Å². The highest BCUT2D eigenvalue weighted by Gasteiger charge is 2.20. The van der Waals surface area contributed by atoms with Crippen LogP contribution in [-0.2, 0) is 0 Å². The molecule has 1 N–H and O–H groups in total. The minimum Gasteiger partial charge on any atom is -0.496 e. The smallest absolute Gasteiger partial charge is 0.358 e. The van der Waals surface area contributed by atoms with Crippen LogP contribution in [0.5, 0.6) is 5.75 Å². The Morgan fingerprint density at radius 3 is 2.71 bits per heavy atom. The molecule has 0 aliphatic rings. The molecule has 5 heteroatoms. The molecule has 0 saturated carbocycles. The summed E-state index contributed by atoms with van der Waals surface area (Å²) in [6.45, 7) is 1.65. The fraction of sp³-hybridized carbons (Fsp3) is 0.167. The summed E-state index contributed by atoms with van der Waals surface area (Å²) in [5.74, 6) is -0.0732. The molecule has 2 rings (SSSR count). The van der Waals surface area contributed by atoms with Crippen LogP contribution in [0.15, 0.2) is 28.8 Å². The first kappa shape index (κ1) is 11.2. The molecule has 2 aromatic rings. The van der Waals surface area contributed by atoms with E-state index in [0.29, 0.717) is 22.6 Å². The zero-order valence-electron chi connectivity index (χ0n) is 9.43. The topological polar surface area (TPSA) is 72.6 Å². The van der Waals surface area contributed by atoms with Crippen LogP contribution in [0.25, 0.3) is 11.3 Å². The van der Waals surface area contributed by atoms with E-state index in [4.69, 9.17) is 14.4 Å². The molecular weight excluding hydrogens is 222 g/mol. The van der Waals surface area contributed by atoms with Crippen LogP contribution in [0.2, 0.25) is 0 Å². The Balaban J connectivity index is 2.57. The first-order valence-corrected chi connectivity index (χ1v) is 4.98. The van der Waals surface area contributed by atoms with Crippen LogP contribution in [0.4, 0.5) is 0 Å². The average molecular weight is 233 g/mol. The van der Waals surface area contributed by atoms with Crippen molar-refractivity contribution in [2.75, 3.05) is 7.11 Å². The van der Waals surface area contributed by atoms with Gasteiger partial charge in [-0.05, 0) is 19.1 Å². The molecule has 17 heavy (non-hydrogen) atoms. The van der Waals surface area contributed by atoms with Crippen LogP contribution in [0.1, 0.15) is 16.1 Å². The Bertz CT molecular complexity index is 559.